The lowest BCUT2D eigenvalue weighted by Gasteiger charge is -2.30. The molecule has 0 unspecified atom stereocenters. The van der Waals surface area contributed by atoms with Crippen LogP contribution in [0.25, 0.3) is 0 Å². The molecule has 3 heteroatoms. The smallest absolute Gasteiger partial charge is 0.124 e. The molecule has 0 amide bonds. The summed E-state index contributed by atoms with van der Waals surface area (Å²) in [4.78, 5) is 0. The van der Waals surface area contributed by atoms with E-state index in [-0.39, 0.29) is 11.2 Å². The predicted octanol–water partition coefficient (Wildman–Crippen LogP) is 4.60. The molecule has 1 saturated carbocycles. The van der Waals surface area contributed by atoms with E-state index in [1.807, 2.05) is 6.07 Å². The monoisotopic (exact) mass is 295 g/mol. The zero-order valence-corrected chi connectivity index (χ0v) is 11.3. The van der Waals surface area contributed by atoms with Crippen molar-refractivity contribution in [2.45, 2.75) is 38.5 Å². The van der Waals surface area contributed by atoms with E-state index in [4.69, 9.17) is 0 Å². The van der Waals surface area contributed by atoms with Crippen molar-refractivity contribution < 1.29 is 4.39 Å². The van der Waals surface area contributed by atoms with E-state index in [1.165, 1.54) is 12.5 Å². The lowest BCUT2D eigenvalue weighted by Crippen LogP contribution is -2.24. The normalized spacial score (nSPS) is 18.6. The molecular formula is C14H15BrFN. The third-order valence-electron chi connectivity index (χ3n) is 3.51. The van der Waals surface area contributed by atoms with Crippen LogP contribution in [0.2, 0.25) is 0 Å². The maximum absolute atomic E-state index is 13.3. The lowest BCUT2D eigenvalue weighted by atomic mass is 9.71. The zero-order valence-electron chi connectivity index (χ0n) is 9.68. The Labute approximate surface area is 110 Å². The van der Waals surface area contributed by atoms with Crippen LogP contribution in [-0.4, -0.2) is 0 Å². The molecule has 1 aromatic carbocycles. The van der Waals surface area contributed by atoms with Crippen molar-refractivity contribution in [3.63, 3.8) is 0 Å². The summed E-state index contributed by atoms with van der Waals surface area (Å²) < 4.78 is 14.0. The van der Waals surface area contributed by atoms with Crippen LogP contribution in [0.4, 0.5) is 4.39 Å². The van der Waals surface area contributed by atoms with Crippen LogP contribution < -0.4 is 0 Å². The Kier molecular flexibility index (Phi) is 3.83. The Morgan fingerprint density at radius 2 is 1.94 bits per heavy atom. The molecule has 1 aliphatic rings. The van der Waals surface area contributed by atoms with Gasteiger partial charge in [-0.25, -0.2) is 4.39 Å². The van der Waals surface area contributed by atoms with E-state index < -0.39 is 0 Å². The molecule has 0 spiro atoms. The van der Waals surface area contributed by atoms with Crippen molar-refractivity contribution >= 4 is 15.9 Å². The van der Waals surface area contributed by atoms with Gasteiger partial charge in [-0.2, -0.15) is 5.26 Å². The van der Waals surface area contributed by atoms with E-state index in [1.54, 1.807) is 6.07 Å². The summed E-state index contributed by atoms with van der Waals surface area (Å²) in [5.41, 5.74) is 0.645. The molecule has 0 aliphatic heterocycles. The molecule has 0 N–H and O–H groups in total. The summed E-state index contributed by atoms with van der Waals surface area (Å²) >= 11 is 3.29. The summed E-state index contributed by atoms with van der Waals surface area (Å²) in [6.45, 7) is 0. The average Bonchev–Trinajstić information content (AvgIpc) is 2.29. The second-order valence-electron chi connectivity index (χ2n) is 4.91. The first-order valence-corrected chi connectivity index (χ1v) is 6.79. The van der Waals surface area contributed by atoms with E-state index in [0.717, 1.165) is 35.7 Å². The maximum atomic E-state index is 13.3. The van der Waals surface area contributed by atoms with Crippen LogP contribution in [0, 0.1) is 22.6 Å². The molecule has 1 fully saturated rings. The Balaban J connectivity index is 2.21. The molecule has 0 heterocycles. The first-order valence-electron chi connectivity index (χ1n) is 6.00. The summed E-state index contributed by atoms with van der Waals surface area (Å²) in [5, 5.41) is 9.39. The van der Waals surface area contributed by atoms with E-state index in [2.05, 4.69) is 22.0 Å². The molecule has 0 saturated heterocycles. The van der Waals surface area contributed by atoms with Gasteiger partial charge in [0.1, 0.15) is 5.82 Å². The van der Waals surface area contributed by atoms with Gasteiger partial charge in [0.25, 0.3) is 0 Å². The van der Waals surface area contributed by atoms with Gasteiger partial charge in [-0.3, -0.25) is 0 Å². The molecule has 1 nitrogen and oxygen atoms in total. The van der Waals surface area contributed by atoms with Gasteiger partial charge >= 0.3 is 0 Å². The van der Waals surface area contributed by atoms with Crippen molar-refractivity contribution in [1.29, 1.82) is 5.26 Å². The highest BCUT2D eigenvalue weighted by molar-refractivity contribution is 9.10. The van der Waals surface area contributed by atoms with Gasteiger partial charge in [0, 0.05) is 4.47 Å². The first-order chi connectivity index (χ1) is 8.13. The van der Waals surface area contributed by atoms with Crippen LogP contribution in [-0.2, 0) is 6.42 Å². The van der Waals surface area contributed by atoms with Gasteiger partial charge in [-0.15, -0.1) is 0 Å². The fourth-order valence-corrected chi connectivity index (χ4v) is 3.17. The molecule has 0 bridgehead atoms. The molecule has 17 heavy (non-hydrogen) atoms. The minimum atomic E-state index is -0.272. The molecule has 90 valence electrons. The minimum Gasteiger partial charge on any atom is -0.207 e. The summed E-state index contributed by atoms with van der Waals surface area (Å²) in [6, 6.07) is 7.37. The van der Waals surface area contributed by atoms with Crippen LogP contribution >= 0.6 is 15.9 Å². The Morgan fingerprint density at radius 3 is 2.53 bits per heavy atom. The van der Waals surface area contributed by atoms with E-state index >= 15 is 0 Å². The van der Waals surface area contributed by atoms with E-state index in [0.29, 0.717) is 6.42 Å². The zero-order chi connectivity index (χ0) is 12.3. The van der Waals surface area contributed by atoms with Crippen molar-refractivity contribution in [3.05, 3.63) is 34.1 Å². The van der Waals surface area contributed by atoms with Crippen molar-refractivity contribution in [2.75, 3.05) is 0 Å². The second kappa shape index (κ2) is 5.18. The SMILES string of the molecule is N#CC1(Cc2cc(F)cc(Br)c2)CCCCC1. The van der Waals surface area contributed by atoms with Crippen LogP contribution in [0.3, 0.4) is 0 Å². The van der Waals surface area contributed by atoms with Gasteiger partial charge in [0.2, 0.25) is 0 Å². The highest BCUT2D eigenvalue weighted by Crippen LogP contribution is 2.39. The average molecular weight is 296 g/mol. The van der Waals surface area contributed by atoms with Gasteiger partial charge < -0.3 is 0 Å². The standard InChI is InChI=1S/C14H15BrFN/c15-12-6-11(7-13(16)8-12)9-14(10-17)4-2-1-3-5-14/h6-8H,1-5,9H2. The van der Waals surface area contributed by atoms with Gasteiger partial charge in [-0.05, 0) is 43.0 Å². The topological polar surface area (TPSA) is 23.8 Å². The van der Waals surface area contributed by atoms with Crippen molar-refractivity contribution in [3.8, 4) is 6.07 Å². The molecule has 0 aromatic heterocycles. The summed E-state index contributed by atoms with van der Waals surface area (Å²) in [5.74, 6) is -0.238. The number of nitrogens with zero attached hydrogens (tertiary/aromatic N) is 1. The number of hydrogen-bond donors (Lipinski definition) is 0. The van der Waals surface area contributed by atoms with Gasteiger partial charge in [0.15, 0.2) is 0 Å². The third-order valence-corrected chi connectivity index (χ3v) is 3.97. The van der Waals surface area contributed by atoms with Gasteiger partial charge in [0.05, 0.1) is 11.5 Å². The van der Waals surface area contributed by atoms with Gasteiger partial charge in [-0.1, -0.05) is 35.2 Å². The number of benzene rings is 1. The quantitative estimate of drug-likeness (QED) is 0.782. The molecule has 1 aromatic rings. The highest BCUT2D eigenvalue weighted by Gasteiger charge is 2.32. The van der Waals surface area contributed by atoms with Crippen LogP contribution in [0.5, 0.6) is 0 Å². The number of halogens is 2. The molecule has 0 radical (unpaired) electrons. The number of nitriles is 1. The fourth-order valence-electron chi connectivity index (χ4n) is 2.66. The summed E-state index contributed by atoms with van der Waals surface area (Å²) in [6.07, 6.45) is 6.00. The highest BCUT2D eigenvalue weighted by atomic mass is 79.9. The molecule has 2 rings (SSSR count). The lowest BCUT2D eigenvalue weighted by molar-refractivity contribution is 0.265. The van der Waals surface area contributed by atoms with Crippen molar-refractivity contribution in [1.82, 2.24) is 0 Å². The fraction of sp³-hybridized carbons (Fsp3) is 0.500. The first kappa shape index (κ1) is 12.6. The van der Waals surface area contributed by atoms with E-state index in [9.17, 15) is 9.65 Å². The Bertz CT molecular complexity index is 424. The third kappa shape index (κ3) is 3.07. The maximum Gasteiger partial charge on any atom is 0.124 e. The molecule has 0 atom stereocenters. The molecular weight excluding hydrogens is 281 g/mol. The predicted molar refractivity (Wildman–Crippen MR) is 68.9 cm³/mol. The number of rotatable bonds is 2. The number of hydrogen-bond acceptors (Lipinski definition) is 1. The van der Waals surface area contributed by atoms with Crippen LogP contribution in [0.1, 0.15) is 37.7 Å². The molecule has 1 aliphatic carbocycles. The Morgan fingerprint density at radius 1 is 1.24 bits per heavy atom. The second-order valence-corrected chi connectivity index (χ2v) is 5.82. The van der Waals surface area contributed by atoms with Crippen LogP contribution in [0.15, 0.2) is 22.7 Å². The Hall–Kier alpha value is -0.880. The summed E-state index contributed by atoms with van der Waals surface area (Å²) in [7, 11) is 0. The largest absolute Gasteiger partial charge is 0.207 e. The van der Waals surface area contributed by atoms with Crippen molar-refractivity contribution in [2.24, 2.45) is 5.41 Å². The minimum absolute atomic E-state index is 0.238.